The van der Waals surface area contributed by atoms with Crippen molar-refractivity contribution >= 4 is 23.3 Å². The largest absolute Gasteiger partial charge is 0.379 e. The van der Waals surface area contributed by atoms with E-state index in [0.717, 1.165) is 18.7 Å². The predicted octanol–water partition coefficient (Wildman–Crippen LogP) is 1.74. The van der Waals surface area contributed by atoms with E-state index < -0.39 is 0 Å². The molecule has 0 unspecified atom stereocenters. The third-order valence-corrected chi connectivity index (χ3v) is 5.53. The lowest BCUT2D eigenvalue weighted by Crippen LogP contribution is -2.46. The molecule has 1 atom stereocenters. The van der Waals surface area contributed by atoms with Crippen molar-refractivity contribution in [2.75, 3.05) is 39.4 Å². The summed E-state index contributed by atoms with van der Waals surface area (Å²) in [4.78, 5) is 27.6. The molecule has 7 nitrogen and oxygen atoms in total. The van der Waals surface area contributed by atoms with Crippen LogP contribution in [0.15, 0.2) is 47.8 Å². The van der Waals surface area contributed by atoms with Gasteiger partial charge in [0.1, 0.15) is 0 Å². The van der Waals surface area contributed by atoms with E-state index >= 15 is 0 Å². The van der Waals surface area contributed by atoms with Crippen LogP contribution in [0.1, 0.15) is 16.5 Å². The van der Waals surface area contributed by atoms with Crippen molar-refractivity contribution in [3.8, 4) is 0 Å². The van der Waals surface area contributed by atoms with Crippen LogP contribution in [0.4, 0.5) is 4.79 Å². The smallest absolute Gasteiger partial charge is 0.315 e. The van der Waals surface area contributed by atoms with Crippen LogP contribution < -0.4 is 16.0 Å². The molecule has 150 valence electrons. The molecule has 2 aromatic rings. The second kappa shape index (κ2) is 10.8. The molecule has 8 heteroatoms. The van der Waals surface area contributed by atoms with Crippen molar-refractivity contribution in [3.63, 3.8) is 0 Å². The number of ether oxygens (including phenoxy) is 1. The summed E-state index contributed by atoms with van der Waals surface area (Å²) in [5, 5.41) is 10.3. The number of carbonyl (C=O) groups is 2. The molecule has 2 heterocycles. The van der Waals surface area contributed by atoms with E-state index in [-0.39, 0.29) is 24.5 Å². The van der Waals surface area contributed by atoms with Crippen LogP contribution in [0, 0.1) is 0 Å². The second-order valence-electron chi connectivity index (χ2n) is 6.51. The maximum atomic E-state index is 12.2. The minimum atomic E-state index is -0.359. The molecule has 0 spiro atoms. The summed E-state index contributed by atoms with van der Waals surface area (Å²) in [7, 11) is 0. The molecular formula is C20H26N4O3S. The third-order valence-electron chi connectivity index (χ3n) is 4.56. The Hall–Kier alpha value is -2.42. The van der Waals surface area contributed by atoms with Crippen molar-refractivity contribution in [3.05, 3.63) is 58.3 Å². The molecule has 1 saturated heterocycles. The molecule has 3 N–H and O–H groups in total. The average molecular weight is 403 g/mol. The number of benzene rings is 1. The van der Waals surface area contributed by atoms with E-state index in [0.29, 0.717) is 26.3 Å². The Morgan fingerprint density at radius 2 is 1.82 bits per heavy atom. The van der Waals surface area contributed by atoms with E-state index in [1.54, 1.807) is 11.3 Å². The first kappa shape index (κ1) is 20.3. The summed E-state index contributed by atoms with van der Waals surface area (Å²) in [6, 6.07) is 13.5. The van der Waals surface area contributed by atoms with Gasteiger partial charge in [-0.05, 0) is 17.0 Å². The standard InChI is InChI=1S/C20H26N4O3S/c25-19(15-23-20(26)22-13-16-5-2-1-3-6-16)21-14-17(18-7-4-12-28-18)24-8-10-27-11-9-24/h1-7,12,17H,8-11,13-15H2,(H,21,25)(H2,22,23,26)/t17-/m0/s1. The number of thiophene rings is 1. The van der Waals surface area contributed by atoms with Gasteiger partial charge in [-0.1, -0.05) is 36.4 Å². The van der Waals surface area contributed by atoms with Crippen LogP contribution in [0.25, 0.3) is 0 Å². The van der Waals surface area contributed by atoms with Crippen LogP contribution >= 0.6 is 11.3 Å². The van der Waals surface area contributed by atoms with Crippen LogP contribution in [0.3, 0.4) is 0 Å². The first-order valence-electron chi connectivity index (χ1n) is 9.40. The van der Waals surface area contributed by atoms with Crippen LogP contribution in [0.5, 0.6) is 0 Å². The fraction of sp³-hybridized carbons (Fsp3) is 0.400. The molecule has 3 amide bonds. The van der Waals surface area contributed by atoms with Gasteiger partial charge in [0.25, 0.3) is 0 Å². The lowest BCUT2D eigenvalue weighted by molar-refractivity contribution is -0.120. The number of rotatable bonds is 8. The fourth-order valence-electron chi connectivity index (χ4n) is 3.05. The molecule has 0 bridgehead atoms. The molecule has 0 aliphatic carbocycles. The van der Waals surface area contributed by atoms with E-state index in [2.05, 4.69) is 26.9 Å². The Bertz CT molecular complexity index is 733. The Labute approximate surface area is 169 Å². The molecule has 1 aromatic carbocycles. The molecule has 1 fully saturated rings. The van der Waals surface area contributed by atoms with Gasteiger partial charge in [0, 0.05) is 31.1 Å². The lowest BCUT2D eigenvalue weighted by Gasteiger charge is -2.34. The number of nitrogens with one attached hydrogen (secondary N) is 3. The van der Waals surface area contributed by atoms with Gasteiger partial charge in [0.05, 0.1) is 25.8 Å². The van der Waals surface area contributed by atoms with Crippen LogP contribution in [-0.4, -0.2) is 56.2 Å². The maximum Gasteiger partial charge on any atom is 0.315 e. The van der Waals surface area contributed by atoms with Crippen LogP contribution in [0.2, 0.25) is 0 Å². The van der Waals surface area contributed by atoms with Crippen molar-refractivity contribution in [1.29, 1.82) is 0 Å². The average Bonchev–Trinajstić information content (AvgIpc) is 3.27. The zero-order valence-corrected chi connectivity index (χ0v) is 16.5. The lowest BCUT2D eigenvalue weighted by atomic mass is 10.2. The molecule has 1 aliphatic heterocycles. The van der Waals surface area contributed by atoms with Gasteiger partial charge >= 0.3 is 6.03 Å². The van der Waals surface area contributed by atoms with Crippen molar-refractivity contribution < 1.29 is 14.3 Å². The van der Waals surface area contributed by atoms with Crippen LogP contribution in [-0.2, 0) is 16.1 Å². The topological polar surface area (TPSA) is 82.7 Å². The first-order valence-corrected chi connectivity index (χ1v) is 10.3. The molecule has 0 radical (unpaired) electrons. The number of carbonyl (C=O) groups excluding carboxylic acids is 2. The van der Waals surface area contributed by atoms with E-state index in [1.165, 1.54) is 4.88 Å². The second-order valence-corrected chi connectivity index (χ2v) is 7.48. The summed E-state index contributed by atoms with van der Waals surface area (Å²) in [6.07, 6.45) is 0. The zero-order chi connectivity index (χ0) is 19.6. The Balaban J connectivity index is 1.41. The number of amides is 3. The molecular weight excluding hydrogens is 376 g/mol. The monoisotopic (exact) mass is 402 g/mol. The molecule has 1 aliphatic rings. The normalized spacial score (nSPS) is 15.6. The summed E-state index contributed by atoms with van der Waals surface area (Å²) < 4.78 is 5.43. The van der Waals surface area contributed by atoms with Gasteiger partial charge < -0.3 is 20.7 Å². The number of morpholine rings is 1. The highest BCUT2D eigenvalue weighted by molar-refractivity contribution is 7.10. The van der Waals surface area contributed by atoms with Crippen molar-refractivity contribution in [2.45, 2.75) is 12.6 Å². The van der Waals surface area contributed by atoms with Gasteiger partial charge in [-0.2, -0.15) is 0 Å². The Kier molecular flexibility index (Phi) is 7.83. The van der Waals surface area contributed by atoms with Gasteiger partial charge in [-0.25, -0.2) is 4.79 Å². The van der Waals surface area contributed by atoms with Gasteiger partial charge in [-0.3, -0.25) is 9.69 Å². The SMILES string of the molecule is O=C(CNC(=O)NCc1ccccc1)NC[C@@H](c1cccs1)N1CCOCC1. The minimum absolute atomic E-state index is 0.0547. The summed E-state index contributed by atoms with van der Waals surface area (Å²) >= 11 is 1.69. The number of hydrogen-bond donors (Lipinski definition) is 3. The number of nitrogens with zero attached hydrogens (tertiary/aromatic N) is 1. The summed E-state index contributed by atoms with van der Waals surface area (Å²) in [5.74, 6) is -0.204. The van der Waals surface area contributed by atoms with Gasteiger partial charge in [-0.15, -0.1) is 11.3 Å². The Morgan fingerprint density at radius 1 is 1.04 bits per heavy atom. The minimum Gasteiger partial charge on any atom is -0.379 e. The van der Waals surface area contributed by atoms with E-state index in [9.17, 15) is 9.59 Å². The quantitative estimate of drug-likeness (QED) is 0.628. The summed E-state index contributed by atoms with van der Waals surface area (Å²) in [5.41, 5.74) is 1.01. The van der Waals surface area contributed by atoms with Gasteiger partial charge in [0.2, 0.25) is 5.91 Å². The fourth-order valence-corrected chi connectivity index (χ4v) is 3.91. The highest BCUT2D eigenvalue weighted by Crippen LogP contribution is 2.25. The highest BCUT2D eigenvalue weighted by atomic mass is 32.1. The molecule has 1 aromatic heterocycles. The number of urea groups is 1. The molecule has 3 rings (SSSR count). The highest BCUT2D eigenvalue weighted by Gasteiger charge is 2.23. The molecule has 0 saturated carbocycles. The summed E-state index contributed by atoms with van der Waals surface area (Å²) in [6.45, 7) is 3.98. The van der Waals surface area contributed by atoms with Crippen molar-refractivity contribution in [1.82, 2.24) is 20.9 Å². The Morgan fingerprint density at radius 3 is 2.54 bits per heavy atom. The maximum absolute atomic E-state index is 12.2. The molecule has 28 heavy (non-hydrogen) atoms. The van der Waals surface area contributed by atoms with E-state index in [4.69, 9.17) is 4.74 Å². The van der Waals surface area contributed by atoms with Crippen molar-refractivity contribution in [2.24, 2.45) is 0 Å². The number of hydrogen-bond acceptors (Lipinski definition) is 5. The third kappa shape index (κ3) is 6.33. The van der Waals surface area contributed by atoms with E-state index in [1.807, 2.05) is 41.8 Å². The van der Waals surface area contributed by atoms with Gasteiger partial charge in [0.15, 0.2) is 0 Å². The first-order chi connectivity index (χ1) is 13.7. The zero-order valence-electron chi connectivity index (χ0n) is 15.7. The predicted molar refractivity (Wildman–Crippen MR) is 109 cm³/mol.